The fraction of sp³-hybridized carbons (Fsp3) is 0.407. The second-order valence-corrected chi connectivity index (χ2v) is 9.66. The smallest absolute Gasteiger partial charge is 0.316 e. The number of nitrogens with zero attached hydrogens (tertiary/aromatic N) is 2. The van der Waals surface area contributed by atoms with Crippen LogP contribution in [-0.4, -0.2) is 37.3 Å². The SMILES string of the molecule is COc1cccc(N2CC(C(=O)Oc3ccc(N4C(=O)C5CCC(C)CC5C4=O)cc3)CC2=O)c1. The van der Waals surface area contributed by atoms with Crippen LogP contribution in [0.5, 0.6) is 11.5 Å². The highest BCUT2D eigenvalue weighted by Crippen LogP contribution is 2.42. The fourth-order valence-electron chi connectivity index (χ4n) is 5.40. The van der Waals surface area contributed by atoms with Gasteiger partial charge in [-0.2, -0.15) is 0 Å². The van der Waals surface area contributed by atoms with E-state index < -0.39 is 11.9 Å². The van der Waals surface area contributed by atoms with E-state index in [1.807, 2.05) is 0 Å². The summed E-state index contributed by atoms with van der Waals surface area (Å²) in [6.45, 7) is 2.34. The molecule has 35 heavy (non-hydrogen) atoms. The van der Waals surface area contributed by atoms with Crippen LogP contribution in [0.4, 0.5) is 11.4 Å². The largest absolute Gasteiger partial charge is 0.497 e. The van der Waals surface area contributed by atoms with E-state index in [0.717, 1.165) is 19.3 Å². The molecule has 1 aliphatic carbocycles. The molecule has 3 amide bonds. The minimum Gasteiger partial charge on any atom is -0.497 e. The number of fused-ring (bicyclic) bond motifs is 1. The van der Waals surface area contributed by atoms with Crippen LogP contribution >= 0.6 is 0 Å². The van der Waals surface area contributed by atoms with Crippen molar-refractivity contribution in [2.24, 2.45) is 23.7 Å². The number of imide groups is 1. The van der Waals surface area contributed by atoms with Gasteiger partial charge >= 0.3 is 5.97 Å². The Kier molecular flexibility index (Phi) is 6.05. The Morgan fingerprint density at radius 2 is 1.66 bits per heavy atom. The highest BCUT2D eigenvalue weighted by molar-refractivity contribution is 6.22. The quantitative estimate of drug-likeness (QED) is 0.372. The normalized spacial score (nSPS) is 26.2. The van der Waals surface area contributed by atoms with E-state index >= 15 is 0 Å². The molecule has 3 aliphatic rings. The maximum atomic E-state index is 12.9. The third-order valence-corrected chi connectivity index (χ3v) is 7.32. The molecule has 2 saturated heterocycles. The maximum Gasteiger partial charge on any atom is 0.316 e. The Morgan fingerprint density at radius 1 is 0.914 bits per heavy atom. The first-order valence-electron chi connectivity index (χ1n) is 12.0. The number of esters is 1. The second kappa shape index (κ2) is 9.17. The Labute approximate surface area is 203 Å². The molecule has 2 aliphatic heterocycles. The maximum absolute atomic E-state index is 12.9. The molecule has 2 aromatic carbocycles. The highest BCUT2D eigenvalue weighted by atomic mass is 16.5. The van der Waals surface area contributed by atoms with Crippen LogP contribution in [0.1, 0.15) is 32.6 Å². The van der Waals surface area contributed by atoms with Crippen molar-refractivity contribution in [1.82, 2.24) is 0 Å². The Morgan fingerprint density at radius 3 is 2.40 bits per heavy atom. The number of anilines is 2. The number of methoxy groups -OCH3 is 1. The van der Waals surface area contributed by atoms with Gasteiger partial charge in [-0.1, -0.05) is 13.0 Å². The number of benzene rings is 2. The van der Waals surface area contributed by atoms with Gasteiger partial charge in [0.15, 0.2) is 0 Å². The fourth-order valence-corrected chi connectivity index (χ4v) is 5.40. The first kappa shape index (κ1) is 23.1. The van der Waals surface area contributed by atoms with Gasteiger partial charge in [0.25, 0.3) is 0 Å². The molecule has 3 fully saturated rings. The lowest BCUT2D eigenvalue weighted by molar-refractivity contribution is -0.139. The number of rotatable bonds is 5. The minimum absolute atomic E-state index is 0.0616. The minimum atomic E-state index is -0.597. The summed E-state index contributed by atoms with van der Waals surface area (Å²) in [6, 6.07) is 13.5. The molecule has 0 N–H and O–H groups in total. The van der Waals surface area contributed by atoms with Crippen molar-refractivity contribution in [3.8, 4) is 11.5 Å². The molecule has 0 aromatic heterocycles. The van der Waals surface area contributed by atoms with E-state index in [4.69, 9.17) is 9.47 Å². The summed E-state index contributed by atoms with van der Waals surface area (Å²) < 4.78 is 10.7. The lowest BCUT2D eigenvalue weighted by Crippen LogP contribution is -2.30. The van der Waals surface area contributed by atoms with Crippen molar-refractivity contribution in [3.05, 3.63) is 48.5 Å². The first-order valence-corrected chi connectivity index (χ1v) is 12.0. The van der Waals surface area contributed by atoms with E-state index in [2.05, 4.69) is 6.92 Å². The van der Waals surface area contributed by atoms with Crippen LogP contribution in [0, 0.1) is 23.7 Å². The molecule has 2 heterocycles. The van der Waals surface area contributed by atoms with Gasteiger partial charge in [0.2, 0.25) is 17.7 Å². The summed E-state index contributed by atoms with van der Waals surface area (Å²) in [4.78, 5) is 53.9. The molecule has 2 aromatic rings. The molecule has 0 bridgehead atoms. The lowest BCUT2D eigenvalue weighted by Gasteiger charge is -2.25. The van der Waals surface area contributed by atoms with E-state index in [1.165, 1.54) is 4.90 Å². The van der Waals surface area contributed by atoms with Crippen LogP contribution in [0.15, 0.2) is 48.5 Å². The number of hydrogen-bond donors (Lipinski definition) is 0. The van der Waals surface area contributed by atoms with Gasteiger partial charge in [0.05, 0.1) is 30.6 Å². The Hall–Kier alpha value is -3.68. The lowest BCUT2D eigenvalue weighted by atomic mass is 9.76. The molecular formula is C27H28N2O6. The molecule has 8 nitrogen and oxygen atoms in total. The number of amides is 3. The van der Waals surface area contributed by atoms with Gasteiger partial charge in [-0.25, -0.2) is 0 Å². The predicted molar refractivity (Wildman–Crippen MR) is 128 cm³/mol. The van der Waals surface area contributed by atoms with Gasteiger partial charge in [0, 0.05) is 24.7 Å². The summed E-state index contributed by atoms with van der Waals surface area (Å²) in [5.74, 6) is -0.627. The molecule has 0 radical (unpaired) electrons. The average molecular weight is 477 g/mol. The standard InChI is InChI=1S/C27H28N2O6/c1-16-6-11-22-23(12-16)26(32)29(25(22)31)18-7-9-20(10-8-18)35-27(33)17-13-24(30)28(15-17)19-4-3-5-21(14-19)34-2/h3-5,7-10,14,16-17,22-23H,6,11-13,15H2,1-2H3. The van der Waals surface area contributed by atoms with E-state index in [0.29, 0.717) is 28.8 Å². The summed E-state index contributed by atoms with van der Waals surface area (Å²) in [5, 5.41) is 0. The predicted octanol–water partition coefficient (Wildman–Crippen LogP) is 3.58. The number of ether oxygens (including phenoxy) is 2. The third-order valence-electron chi connectivity index (χ3n) is 7.32. The molecule has 5 rings (SSSR count). The van der Waals surface area contributed by atoms with Crippen molar-refractivity contribution in [2.45, 2.75) is 32.6 Å². The second-order valence-electron chi connectivity index (χ2n) is 9.66. The summed E-state index contributed by atoms with van der Waals surface area (Å²) >= 11 is 0. The number of carbonyl (C=O) groups excluding carboxylic acids is 4. The average Bonchev–Trinajstić information content (AvgIpc) is 3.37. The van der Waals surface area contributed by atoms with Crippen LogP contribution in [-0.2, 0) is 19.2 Å². The summed E-state index contributed by atoms with van der Waals surface area (Å²) in [6.07, 6.45) is 2.51. The summed E-state index contributed by atoms with van der Waals surface area (Å²) in [7, 11) is 1.55. The van der Waals surface area contributed by atoms with Gasteiger partial charge in [-0.3, -0.25) is 24.1 Å². The van der Waals surface area contributed by atoms with Crippen molar-refractivity contribution >= 4 is 35.1 Å². The van der Waals surface area contributed by atoms with Crippen LogP contribution in [0.2, 0.25) is 0 Å². The van der Waals surface area contributed by atoms with E-state index in [1.54, 1.807) is 60.5 Å². The Balaban J connectivity index is 1.24. The summed E-state index contributed by atoms with van der Waals surface area (Å²) in [5.41, 5.74) is 1.16. The van der Waals surface area contributed by atoms with Crippen LogP contribution < -0.4 is 19.3 Å². The zero-order valence-corrected chi connectivity index (χ0v) is 19.8. The van der Waals surface area contributed by atoms with Gasteiger partial charge < -0.3 is 14.4 Å². The van der Waals surface area contributed by atoms with Crippen molar-refractivity contribution in [2.75, 3.05) is 23.5 Å². The highest BCUT2D eigenvalue weighted by Gasteiger charge is 2.50. The Bertz CT molecular complexity index is 1180. The first-order chi connectivity index (χ1) is 16.9. The van der Waals surface area contributed by atoms with Crippen molar-refractivity contribution < 1.29 is 28.7 Å². The van der Waals surface area contributed by atoms with Crippen molar-refractivity contribution in [1.29, 1.82) is 0 Å². The van der Waals surface area contributed by atoms with Crippen LogP contribution in [0.3, 0.4) is 0 Å². The molecule has 1 saturated carbocycles. The molecule has 182 valence electrons. The van der Waals surface area contributed by atoms with E-state index in [-0.39, 0.29) is 42.5 Å². The van der Waals surface area contributed by atoms with Gasteiger partial charge in [0.1, 0.15) is 11.5 Å². The molecule has 4 unspecified atom stereocenters. The number of carbonyl (C=O) groups is 4. The third kappa shape index (κ3) is 4.29. The zero-order valence-electron chi connectivity index (χ0n) is 19.8. The monoisotopic (exact) mass is 476 g/mol. The molecule has 0 spiro atoms. The van der Waals surface area contributed by atoms with Crippen LogP contribution in [0.25, 0.3) is 0 Å². The zero-order chi connectivity index (χ0) is 24.7. The van der Waals surface area contributed by atoms with Gasteiger partial charge in [-0.05, 0) is 61.6 Å². The molecule has 8 heteroatoms. The van der Waals surface area contributed by atoms with Gasteiger partial charge in [-0.15, -0.1) is 0 Å². The molecular weight excluding hydrogens is 448 g/mol. The van der Waals surface area contributed by atoms with Crippen molar-refractivity contribution in [3.63, 3.8) is 0 Å². The van der Waals surface area contributed by atoms with E-state index in [9.17, 15) is 19.2 Å². The molecule has 4 atom stereocenters. The number of hydrogen-bond acceptors (Lipinski definition) is 6. The topological polar surface area (TPSA) is 93.2 Å².